The molecule has 3 N–H and O–H groups in total. The lowest BCUT2D eigenvalue weighted by molar-refractivity contribution is 0.102. The Morgan fingerprint density at radius 3 is 2.85 bits per heavy atom. The van der Waals surface area contributed by atoms with Crippen LogP contribution >= 0.6 is 0 Å². The van der Waals surface area contributed by atoms with Gasteiger partial charge in [0.25, 0.3) is 5.91 Å². The normalized spacial score (nSPS) is 12.2. The van der Waals surface area contributed by atoms with Crippen LogP contribution in [0.25, 0.3) is 0 Å². The van der Waals surface area contributed by atoms with E-state index in [0.29, 0.717) is 17.2 Å². The summed E-state index contributed by atoms with van der Waals surface area (Å²) in [7, 11) is 0. The van der Waals surface area contributed by atoms with Crippen molar-refractivity contribution >= 4 is 11.6 Å². The number of aromatic hydroxyl groups is 2. The van der Waals surface area contributed by atoms with Gasteiger partial charge in [0.05, 0.1) is 5.56 Å². The highest BCUT2D eigenvalue weighted by molar-refractivity contribution is 6.06. The van der Waals surface area contributed by atoms with Gasteiger partial charge >= 0.3 is 0 Å². The SMILES string of the molecule is O=C(Nc1ccc2c(c1)OCO2)c1c[c]cc(O)c1O. The van der Waals surface area contributed by atoms with Crippen LogP contribution in [0.2, 0.25) is 0 Å². The Labute approximate surface area is 114 Å². The maximum Gasteiger partial charge on any atom is 0.259 e. The average Bonchev–Trinajstić information content (AvgIpc) is 2.89. The van der Waals surface area contributed by atoms with Crippen LogP contribution in [-0.4, -0.2) is 22.9 Å². The van der Waals surface area contributed by atoms with E-state index < -0.39 is 17.4 Å². The average molecular weight is 272 g/mol. The zero-order valence-electron chi connectivity index (χ0n) is 10.2. The van der Waals surface area contributed by atoms with Crippen molar-refractivity contribution in [1.82, 2.24) is 0 Å². The Balaban J connectivity index is 1.84. The minimum Gasteiger partial charge on any atom is -0.504 e. The summed E-state index contributed by atoms with van der Waals surface area (Å²) in [5, 5.41) is 21.6. The topological polar surface area (TPSA) is 88.0 Å². The predicted molar refractivity (Wildman–Crippen MR) is 69.1 cm³/mol. The van der Waals surface area contributed by atoms with Gasteiger partial charge in [-0.15, -0.1) is 0 Å². The van der Waals surface area contributed by atoms with E-state index in [0.717, 1.165) is 0 Å². The number of phenolic OH excluding ortho intramolecular Hbond substituents is 2. The molecule has 2 aromatic rings. The van der Waals surface area contributed by atoms with Crippen LogP contribution < -0.4 is 14.8 Å². The van der Waals surface area contributed by atoms with Crippen molar-refractivity contribution in [2.24, 2.45) is 0 Å². The third-order valence-electron chi connectivity index (χ3n) is 2.82. The largest absolute Gasteiger partial charge is 0.504 e. The van der Waals surface area contributed by atoms with Crippen molar-refractivity contribution in [3.8, 4) is 23.0 Å². The van der Waals surface area contributed by atoms with Crippen LogP contribution in [0.3, 0.4) is 0 Å². The maximum absolute atomic E-state index is 12.0. The number of nitrogens with one attached hydrogen (secondary N) is 1. The number of ether oxygens (including phenoxy) is 2. The van der Waals surface area contributed by atoms with E-state index in [4.69, 9.17) is 9.47 Å². The van der Waals surface area contributed by atoms with Crippen molar-refractivity contribution in [2.75, 3.05) is 12.1 Å². The van der Waals surface area contributed by atoms with Crippen molar-refractivity contribution in [2.45, 2.75) is 0 Å². The molecule has 6 nitrogen and oxygen atoms in total. The standard InChI is InChI=1S/C14H10NO5/c16-10-3-1-2-9(13(10)17)14(18)15-8-4-5-11-12(6-8)20-7-19-11/h2-6,16-17H,7H2,(H,15,18). The zero-order chi connectivity index (χ0) is 14.1. The fraction of sp³-hybridized carbons (Fsp3) is 0.0714. The van der Waals surface area contributed by atoms with E-state index in [-0.39, 0.29) is 12.4 Å². The number of phenols is 2. The summed E-state index contributed by atoms with van der Waals surface area (Å²) < 4.78 is 10.4. The number of fused-ring (bicyclic) bond motifs is 1. The maximum atomic E-state index is 12.0. The highest BCUT2D eigenvalue weighted by Crippen LogP contribution is 2.35. The van der Waals surface area contributed by atoms with Crippen molar-refractivity contribution in [3.05, 3.63) is 42.0 Å². The Hall–Kier alpha value is -2.89. The number of amides is 1. The molecule has 1 aliphatic rings. The third kappa shape index (κ3) is 2.07. The smallest absolute Gasteiger partial charge is 0.259 e. The number of hydrogen-bond acceptors (Lipinski definition) is 5. The van der Waals surface area contributed by atoms with Gasteiger partial charge in [-0.2, -0.15) is 0 Å². The molecule has 0 saturated carbocycles. The molecular weight excluding hydrogens is 262 g/mol. The monoisotopic (exact) mass is 272 g/mol. The van der Waals surface area contributed by atoms with Gasteiger partial charge in [0.1, 0.15) is 0 Å². The molecule has 101 valence electrons. The van der Waals surface area contributed by atoms with Gasteiger partial charge in [-0.1, -0.05) is 0 Å². The van der Waals surface area contributed by atoms with Gasteiger partial charge in [-0.3, -0.25) is 4.79 Å². The number of anilines is 1. The molecular formula is C14H10NO5. The molecule has 2 aromatic carbocycles. The van der Waals surface area contributed by atoms with Gasteiger partial charge in [0, 0.05) is 11.8 Å². The number of rotatable bonds is 2. The minimum absolute atomic E-state index is 0.0670. The van der Waals surface area contributed by atoms with Crippen LogP contribution in [-0.2, 0) is 0 Å². The first-order chi connectivity index (χ1) is 9.65. The minimum atomic E-state index is -0.562. The molecule has 0 fully saturated rings. The Bertz CT molecular complexity index is 683. The van der Waals surface area contributed by atoms with Crippen molar-refractivity contribution < 1.29 is 24.5 Å². The highest BCUT2D eigenvalue weighted by atomic mass is 16.7. The van der Waals surface area contributed by atoms with Gasteiger partial charge in [-0.25, -0.2) is 0 Å². The van der Waals surface area contributed by atoms with Crippen LogP contribution in [0.1, 0.15) is 10.4 Å². The molecule has 0 aromatic heterocycles. The summed E-state index contributed by atoms with van der Waals surface area (Å²) in [5.74, 6) is -0.301. The van der Waals surface area contributed by atoms with Crippen molar-refractivity contribution in [1.29, 1.82) is 0 Å². The van der Waals surface area contributed by atoms with Gasteiger partial charge in [0.15, 0.2) is 23.0 Å². The molecule has 0 atom stereocenters. The first kappa shape index (κ1) is 12.2. The van der Waals surface area contributed by atoms with Gasteiger partial charge in [-0.05, 0) is 30.3 Å². The summed E-state index contributed by atoms with van der Waals surface area (Å²) in [6, 6.07) is 9.96. The molecule has 0 spiro atoms. The summed E-state index contributed by atoms with van der Waals surface area (Å²) in [5.41, 5.74) is 0.421. The summed E-state index contributed by atoms with van der Waals surface area (Å²) >= 11 is 0. The lowest BCUT2D eigenvalue weighted by atomic mass is 10.1. The fourth-order valence-corrected chi connectivity index (χ4v) is 1.82. The van der Waals surface area contributed by atoms with Crippen LogP contribution in [0, 0.1) is 6.07 Å². The number of benzene rings is 2. The van der Waals surface area contributed by atoms with E-state index >= 15 is 0 Å². The van der Waals surface area contributed by atoms with Crippen LogP contribution in [0.15, 0.2) is 30.3 Å². The summed E-state index contributed by atoms with van der Waals surface area (Å²) in [6.45, 7) is 0.148. The Kier molecular flexibility index (Phi) is 2.83. The van der Waals surface area contributed by atoms with E-state index in [1.54, 1.807) is 18.2 Å². The van der Waals surface area contributed by atoms with E-state index in [1.807, 2.05) is 0 Å². The van der Waals surface area contributed by atoms with Crippen molar-refractivity contribution in [3.63, 3.8) is 0 Å². The first-order valence-electron chi connectivity index (χ1n) is 5.78. The van der Waals surface area contributed by atoms with Crippen LogP contribution in [0.5, 0.6) is 23.0 Å². The fourth-order valence-electron chi connectivity index (χ4n) is 1.82. The van der Waals surface area contributed by atoms with Gasteiger partial charge < -0.3 is 25.0 Å². The molecule has 6 heteroatoms. The lowest BCUT2D eigenvalue weighted by Gasteiger charge is -2.08. The molecule has 20 heavy (non-hydrogen) atoms. The molecule has 1 heterocycles. The Morgan fingerprint density at radius 1 is 1.20 bits per heavy atom. The Morgan fingerprint density at radius 2 is 2.00 bits per heavy atom. The molecule has 0 unspecified atom stereocenters. The molecule has 3 rings (SSSR count). The third-order valence-corrected chi connectivity index (χ3v) is 2.82. The summed E-state index contributed by atoms with van der Waals surface area (Å²) in [6.07, 6.45) is 0. The molecule has 1 aliphatic heterocycles. The molecule has 0 saturated heterocycles. The number of hydrogen-bond donors (Lipinski definition) is 3. The quantitative estimate of drug-likeness (QED) is 0.726. The highest BCUT2D eigenvalue weighted by Gasteiger charge is 2.17. The van der Waals surface area contributed by atoms with E-state index in [1.165, 1.54) is 12.1 Å². The summed E-state index contributed by atoms with van der Waals surface area (Å²) in [4.78, 5) is 12.0. The second-order valence-corrected chi connectivity index (χ2v) is 4.13. The number of carbonyl (C=O) groups is 1. The molecule has 0 bridgehead atoms. The first-order valence-corrected chi connectivity index (χ1v) is 5.78. The molecule has 1 amide bonds. The molecule has 0 aliphatic carbocycles. The second-order valence-electron chi connectivity index (χ2n) is 4.13. The zero-order valence-corrected chi connectivity index (χ0v) is 10.2. The van der Waals surface area contributed by atoms with E-state index in [2.05, 4.69) is 11.4 Å². The lowest BCUT2D eigenvalue weighted by Crippen LogP contribution is -2.12. The molecule has 1 radical (unpaired) electrons. The predicted octanol–water partition coefficient (Wildman–Crippen LogP) is 1.88. The number of carbonyl (C=O) groups excluding carboxylic acids is 1. The van der Waals surface area contributed by atoms with Gasteiger partial charge in [0.2, 0.25) is 6.79 Å². The van der Waals surface area contributed by atoms with Crippen LogP contribution in [0.4, 0.5) is 5.69 Å². The second kappa shape index (κ2) is 4.65. The van der Waals surface area contributed by atoms with E-state index in [9.17, 15) is 15.0 Å².